The summed E-state index contributed by atoms with van der Waals surface area (Å²) in [5.41, 5.74) is 0.262. The molecule has 0 unspecified atom stereocenters. The maximum atomic E-state index is 12.1. The monoisotopic (exact) mass is 322 g/mol. The minimum atomic E-state index is -0.519. The molecule has 3 rings (SSSR count). The van der Waals surface area contributed by atoms with Gasteiger partial charge in [0, 0.05) is 10.6 Å². The molecule has 21 heavy (non-hydrogen) atoms. The molecule has 2 aromatic heterocycles. The lowest BCUT2D eigenvalue weighted by Gasteiger charge is -2.00. The number of aromatic nitrogens is 4. The largest absolute Gasteiger partial charge is 0.367 e. The number of Topliss-reactive ketones (excluding diaryl/α,β-unsaturated/α-hetero) is 1. The molecule has 106 valence electrons. The molecule has 0 bridgehead atoms. The number of hydrogen-bond acceptors (Lipinski definition) is 4. The van der Waals surface area contributed by atoms with Gasteiger partial charge in [-0.15, -0.1) is 10.2 Å². The van der Waals surface area contributed by atoms with Crippen molar-refractivity contribution in [3.05, 3.63) is 62.6 Å². The van der Waals surface area contributed by atoms with E-state index in [2.05, 4.69) is 10.2 Å². The third-order valence-corrected chi connectivity index (χ3v) is 3.32. The van der Waals surface area contributed by atoms with Crippen LogP contribution < -0.4 is 5.69 Å². The van der Waals surface area contributed by atoms with Crippen molar-refractivity contribution in [2.45, 2.75) is 6.54 Å². The van der Waals surface area contributed by atoms with E-state index in [1.807, 2.05) is 0 Å². The van der Waals surface area contributed by atoms with E-state index >= 15 is 0 Å². The number of rotatable bonds is 3. The molecule has 0 spiro atoms. The van der Waals surface area contributed by atoms with Crippen LogP contribution in [0.25, 0.3) is 5.65 Å². The second kappa shape index (κ2) is 5.31. The number of ketones is 1. The molecule has 8 heteroatoms. The van der Waals surface area contributed by atoms with Crippen molar-refractivity contribution in [3.63, 3.8) is 0 Å². The number of halogens is 2. The quantitative estimate of drug-likeness (QED) is 0.692. The Balaban J connectivity index is 1.94. The average molecular weight is 323 g/mol. The highest BCUT2D eigenvalue weighted by Crippen LogP contribution is 2.10. The van der Waals surface area contributed by atoms with E-state index in [9.17, 15) is 9.59 Å². The van der Waals surface area contributed by atoms with Crippen molar-refractivity contribution >= 4 is 34.6 Å². The number of carbonyl (C=O) groups excluding carboxylic acids is 1. The third-order valence-electron chi connectivity index (χ3n) is 2.87. The molecule has 0 saturated heterocycles. The molecule has 0 aliphatic rings. The fourth-order valence-corrected chi connectivity index (χ4v) is 2.12. The number of fused-ring (bicyclic) bond motifs is 1. The molecule has 0 radical (unpaired) electrons. The van der Waals surface area contributed by atoms with Gasteiger partial charge in [-0.1, -0.05) is 23.2 Å². The molecule has 0 aliphatic carbocycles. The van der Waals surface area contributed by atoms with Gasteiger partial charge in [0.2, 0.25) is 0 Å². The van der Waals surface area contributed by atoms with Crippen LogP contribution in [0.15, 0.2) is 41.2 Å². The van der Waals surface area contributed by atoms with Crippen LogP contribution in [-0.4, -0.2) is 25.2 Å². The standard InChI is InChI=1S/C13H8Cl2N4O2/c14-9-3-1-8(2-4-9)10(20)7-18-13(21)19-12(17-18)6-5-11(15)16-19/h1-6H,7H2. The molecule has 0 N–H and O–H groups in total. The molecular formula is C13H8Cl2N4O2. The summed E-state index contributed by atoms with van der Waals surface area (Å²) in [6, 6.07) is 9.50. The van der Waals surface area contributed by atoms with E-state index in [0.29, 0.717) is 16.2 Å². The Morgan fingerprint density at radius 3 is 2.48 bits per heavy atom. The Kier molecular flexibility index (Phi) is 3.48. The lowest BCUT2D eigenvalue weighted by atomic mass is 10.1. The number of hydrogen-bond donors (Lipinski definition) is 0. The summed E-state index contributed by atoms with van der Waals surface area (Å²) in [5, 5.41) is 8.59. The summed E-state index contributed by atoms with van der Waals surface area (Å²) in [4.78, 5) is 24.2. The summed E-state index contributed by atoms with van der Waals surface area (Å²) in [6.07, 6.45) is 0. The van der Waals surface area contributed by atoms with E-state index in [0.717, 1.165) is 9.20 Å². The van der Waals surface area contributed by atoms with Gasteiger partial charge in [-0.3, -0.25) is 4.79 Å². The zero-order valence-corrected chi connectivity index (χ0v) is 12.0. The number of benzene rings is 1. The van der Waals surface area contributed by atoms with Crippen molar-refractivity contribution in [1.82, 2.24) is 19.4 Å². The van der Waals surface area contributed by atoms with Gasteiger partial charge in [0.25, 0.3) is 0 Å². The Morgan fingerprint density at radius 1 is 1.05 bits per heavy atom. The van der Waals surface area contributed by atoms with Gasteiger partial charge in [0.15, 0.2) is 11.4 Å². The lowest BCUT2D eigenvalue weighted by molar-refractivity contribution is 0.0966. The Labute approximate surface area is 128 Å². The minimum absolute atomic E-state index is 0.174. The summed E-state index contributed by atoms with van der Waals surface area (Å²) in [6.45, 7) is -0.179. The summed E-state index contributed by atoms with van der Waals surface area (Å²) >= 11 is 11.5. The van der Waals surface area contributed by atoms with Crippen molar-refractivity contribution in [2.24, 2.45) is 0 Å². The van der Waals surface area contributed by atoms with E-state index < -0.39 is 5.69 Å². The molecule has 0 fully saturated rings. The molecular weight excluding hydrogens is 315 g/mol. The molecule has 0 saturated carbocycles. The highest BCUT2D eigenvalue weighted by Gasteiger charge is 2.13. The highest BCUT2D eigenvalue weighted by molar-refractivity contribution is 6.30. The fraction of sp³-hybridized carbons (Fsp3) is 0.0769. The third kappa shape index (κ3) is 2.68. The Hall–Kier alpha value is -2.18. The van der Waals surface area contributed by atoms with Crippen LogP contribution in [0.3, 0.4) is 0 Å². The SMILES string of the molecule is O=C(Cn1nc2ccc(Cl)nn2c1=O)c1ccc(Cl)cc1. The van der Waals surface area contributed by atoms with Crippen molar-refractivity contribution < 1.29 is 4.79 Å². The smallest absolute Gasteiger partial charge is 0.292 e. The first-order chi connectivity index (χ1) is 10.0. The molecule has 1 aromatic carbocycles. The highest BCUT2D eigenvalue weighted by atomic mass is 35.5. The average Bonchev–Trinajstić information content (AvgIpc) is 2.76. The van der Waals surface area contributed by atoms with Gasteiger partial charge in [-0.25, -0.2) is 9.48 Å². The van der Waals surface area contributed by atoms with Crippen LogP contribution in [0.1, 0.15) is 10.4 Å². The first kappa shape index (κ1) is 13.8. The van der Waals surface area contributed by atoms with Gasteiger partial charge in [-0.2, -0.15) is 4.52 Å². The molecule has 2 heterocycles. The fourth-order valence-electron chi connectivity index (χ4n) is 1.85. The van der Waals surface area contributed by atoms with Gasteiger partial charge in [0.1, 0.15) is 11.7 Å². The van der Waals surface area contributed by atoms with Gasteiger partial charge < -0.3 is 0 Å². The number of nitrogens with zero attached hydrogens (tertiary/aromatic N) is 4. The zero-order valence-electron chi connectivity index (χ0n) is 10.5. The van der Waals surface area contributed by atoms with Gasteiger partial charge in [0.05, 0.1) is 0 Å². The zero-order chi connectivity index (χ0) is 15.0. The summed E-state index contributed by atoms with van der Waals surface area (Å²) < 4.78 is 2.10. The molecule has 0 aliphatic heterocycles. The van der Waals surface area contributed by atoms with Crippen LogP contribution in [0.4, 0.5) is 0 Å². The minimum Gasteiger partial charge on any atom is -0.292 e. The van der Waals surface area contributed by atoms with E-state index in [-0.39, 0.29) is 17.5 Å². The van der Waals surface area contributed by atoms with Crippen molar-refractivity contribution in [2.75, 3.05) is 0 Å². The van der Waals surface area contributed by atoms with Gasteiger partial charge >= 0.3 is 5.69 Å². The van der Waals surface area contributed by atoms with Gasteiger partial charge in [-0.05, 0) is 36.4 Å². The molecule has 3 aromatic rings. The topological polar surface area (TPSA) is 69.3 Å². The second-order valence-electron chi connectivity index (χ2n) is 4.30. The lowest BCUT2D eigenvalue weighted by Crippen LogP contribution is -2.26. The molecule has 0 amide bonds. The van der Waals surface area contributed by atoms with E-state index in [1.165, 1.54) is 6.07 Å². The predicted octanol–water partition coefficient (Wildman–Crippen LogP) is 2.08. The molecule has 0 atom stereocenters. The normalized spacial score (nSPS) is 11.0. The van der Waals surface area contributed by atoms with Crippen molar-refractivity contribution in [3.8, 4) is 0 Å². The van der Waals surface area contributed by atoms with Crippen LogP contribution >= 0.6 is 23.2 Å². The maximum Gasteiger partial charge on any atom is 0.367 e. The first-order valence-corrected chi connectivity index (χ1v) is 6.71. The Bertz CT molecular complexity index is 883. The van der Waals surface area contributed by atoms with E-state index in [1.54, 1.807) is 30.3 Å². The summed E-state index contributed by atoms with van der Waals surface area (Å²) in [7, 11) is 0. The number of carbonyl (C=O) groups is 1. The first-order valence-electron chi connectivity index (χ1n) is 5.96. The predicted molar refractivity (Wildman–Crippen MR) is 78.0 cm³/mol. The van der Waals surface area contributed by atoms with Crippen LogP contribution in [-0.2, 0) is 6.54 Å². The van der Waals surface area contributed by atoms with Crippen LogP contribution in [0, 0.1) is 0 Å². The van der Waals surface area contributed by atoms with Crippen LogP contribution in [0.2, 0.25) is 10.2 Å². The second-order valence-corrected chi connectivity index (χ2v) is 5.12. The molecule has 6 nitrogen and oxygen atoms in total. The van der Waals surface area contributed by atoms with Crippen molar-refractivity contribution in [1.29, 1.82) is 0 Å². The summed E-state index contributed by atoms with van der Waals surface area (Å²) in [5.74, 6) is -0.247. The van der Waals surface area contributed by atoms with Crippen LogP contribution in [0.5, 0.6) is 0 Å². The maximum absolute atomic E-state index is 12.1. The Morgan fingerprint density at radius 2 is 1.76 bits per heavy atom. The van der Waals surface area contributed by atoms with E-state index in [4.69, 9.17) is 23.2 Å².